The molecule has 2 aromatic heterocycles. The van der Waals surface area contributed by atoms with Crippen LogP contribution in [0.5, 0.6) is 0 Å². The van der Waals surface area contributed by atoms with Crippen LogP contribution in [0.15, 0.2) is 206 Å². The zero-order chi connectivity index (χ0) is 37.9. The van der Waals surface area contributed by atoms with Crippen molar-refractivity contribution in [3.05, 3.63) is 206 Å². The van der Waals surface area contributed by atoms with Crippen LogP contribution in [0.25, 0.3) is 120 Å². The quantitative estimate of drug-likeness (QED) is 0.126. The van der Waals surface area contributed by atoms with Crippen molar-refractivity contribution in [3.63, 3.8) is 0 Å². The van der Waals surface area contributed by atoms with E-state index < -0.39 is 0 Å². The smallest absolute Gasteiger partial charge is 0.0626 e. The minimum Gasteiger partial charge on any atom is -0.308 e. The van der Waals surface area contributed by atoms with E-state index in [1.165, 1.54) is 120 Å². The Morgan fingerprint density at radius 1 is 0.224 bits per heavy atom. The van der Waals surface area contributed by atoms with Gasteiger partial charge in [0.25, 0.3) is 0 Å². The fraction of sp³-hybridized carbons (Fsp3) is 0. The minimum atomic E-state index is 1.20. The Labute approximate surface area is 334 Å². The predicted molar refractivity (Wildman–Crippen MR) is 248 cm³/mol. The van der Waals surface area contributed by atoms with E-state index in [-0.39, 0.29) is 0 Å². The van der Waals surface area contributed by atoms with Gasteiger partial charge in [-0.2, -0.15) is 0 Å². The Bertz CT molecular complexity index is 3750. The standard InChI is InChI=1S/C56H34N2/c1-2-18-36-35(17-1)33-47(38-20-4-3-19-37(36)38)48-34-49-54(44-26-6-5-21-39(44)48)56(58-52-31-15-11-24-42(52)43-25-12-16-32-53(43)58)46-28-8-7-27-45(46)55(49)57-50-29-13-9-22-40(50)41-23-10-14-30-51(41)57/h1-34H. The maximum absolute atomic E-state index is 2.54. The zero-order valence-corrected chi connectivity index (χ0v) is 31.5. The molecule has 58 heavy (non-hydrogen) atoms. The van der Waals surface area contributed by atoms with Gasteiger partial charge in [0.05, 0.1) is 33.4 Å². The molecule has 0 aliphatic rings. The molecule has 0 radical (unpaired) electrons. The molecule has 0 saturated carbocycles. The molecule has 0 amide bonds. The topological polar surface area (TPSA) is 9.86 Å². The molecule has 11 aromatic carbocycles. The minimum absolute atomic E-state index is 1.20. The third-order valence-electron chi connectivity index (χ3n) is 12.6. The average molecular weight is 735 g/mol. The van der Waals surface area contributed by atoms with Crippen LogP contribution in [0, 0.1) is 0 Å². The number of nitrogens with zero attached hydrogens (tertiary/aromatic N) is 2. The Morgan fingerprint density at radius 3 is 1.10 bits per heavy atom. The molecule has 2 heteroatoms. The van der Waals surface area contributed by atoms with Gasteiger partial charge in [-0.1, -0.05) is 170 Å². The van der Waals surface area contributed by atoms with Crippen LogP contribution in [0.3, 0.4) is 0 Å². The third-order valence-corrected chi connectivity index (χ3v) is 12.6. The number of hydrogen-bond acceptors (Lipinski definition) is 0. The number of para-hydroxylation sites is 4. The third kappa shape index (κ3) is 4.21. The predicted octanol–water partition coefficient (Wildman–Crippen LogP) is 15.3. The highest BCUT2D eigenvalue weighted by atomic mass is 15.0. The lowest BCUT2D eigenvalue weighted by atomic mass is 9.86. The maximum Gasteiger partial charge on any atom is 0.0626 e. The SMILES string of the molecule is c1ccc2c(c1)cc(-c1cc3c(-n4c5ccccc5c5ccccc54)c4ccccc4c(-n4c5ccccc5c5ccccc54)c3c3ccccc13)c1ccccc12. The van der Waals surface area contributed by atoms with Crippen LogP contribution >= 0.6 is 0 Å². The second kappa shape index (κ2) is 11.9. The molecule has 0 fully saturated rings. The summed E-state index contributed by atoms with van der Waals surface area (Å²) >= 11 is 0. The maximum atomic E-state index is 2.54. The van der Waals surface area contributed by atoms with Gasteiger partial charge in [0, 0.05) is 43.1 Å². The molecular weight excluding hydrogens is 701 g/mol. The Morgan fingerprint density at radius 2 is 0.569 bits per heavy atom. The Balaban J connectivity index is 1.32. The van der Waals surface area contributed by atoms with E-state index in [0.29, 0.717) is 0 Å². The first-order valence-corrected chi connectivity index (χ1v) is 20.1. The van der Waals surface area contributed by atoms with Crippen molar-refractivity contribution in [2.75, 3.05) is 0 Å². The van der Waals surface area contributed by atoms with Crippen LogP contribution in [0.4, 0.5) is 0 Å². The number of benzene rings is 11. The first-order valence-electron chi connectivity index (χ1n) is 20.1. The van der Waals surface area contributed by atoms with Crippen molar-refractivity contribution < 1.29 is 0 Å². The van der Waals surface area contributed by atoms with Crippen molar-refractivity contribution >= 4 is 97.5 Å². The first-order chi connectivity index (χ1) is 28.8. The highest BCUT2D eigenvalue weighted by Gasteiger charge is 2.25. The summed E-state index contributed by atoms with van der Waals surface area (Å²) in [5.41, 5.74) is 9.68. The van der Waals surface area contributed by atoms with Gasteiger partial charge in [-0.15, -0.1) is 0 Å². The normalized spacial score (nSPS) is 12.1. The Kier molecular flexibility index (Phi) is 6.47. The molecule has 0 bridgehead atoms. The summed E-state index contributed by atoms with van der Waals surface area (Å²) in [7, 11) is 0. The molecule has 0 aliphatic heterocycles. The molecule has 13 rings (SSSR count). The van der Waals surface area contributed by atoms with E-state index in [9.17, 15) is 0 Å². The van der Waals surface area contributed by atoms with E-state index >= 15 is 0 Å². The van der Waals surface area contributed by atoms with Crippen LogP contribution in [-0.2, 0) is 0 Å². The number of hydrogen-bond donors (Lipinski definition) is 0. The summed E-state index contributed by atoms with van der Waals surface area (Å²) in [4.78, 5) is 0. The molecule has 2 nitrogen and oxygen atoms in total. The van der Waals surface area contributed by atoms with Crippen LogP contribution < -0.4 is 0 Å². The summed E-state index contributed by atoms with van der Waals surface area (Å²) in [5, 5.41) is 17.4. The lowest BCUT2D eigenvalue weighted by molar-refractivity contribution is 1.19. The van der Waals surface area contributed by atoms with Crippen LogP contribution in [0.1, 0.15) is 0 Å². The lowest BCUT2D eigenvalue weighted by Gasteiger charge is -2.24. The molecule has 0 N–H and O–H groups in total. The van der Waals surface area contributed by atoms with Crippen LogP contribution in [-0.4, -0.2) is 9.13 Å². The van der Waals surface area contributed by atoms with Gasteiger partial charge in [-0.05, 0) is 79.8 Å². The molecule has 0 atom stereocenters. The molecular formula is C56H34N2. The van der Waals surface area contributed by atoms with Gasteiger partial charge in [0.1, 0.15) is 0 Å². The fourth-order valence-electron chi connectivity index (χ4n) is 10.3. The van der Waals surface area contributed by atoms with E-state index in [1.54, 1.807) is 0 Å². The van der Waals surface area contributed by atoms with E-state index in [0.717, 1.165) is 0 Å². The van der Waals surface area contributed by atoms with Crippen molar-refractivity contribution in [1.82, 2.24) is 9.13 Å². The van der Waals surface area contributed by atoms with Crippen molar-refractivity contribution in [2.24, 2.45) is 0 Å². The molecule has 0 saturated heterocycles. The van der Waals surface area contributed by atoms with E-state index in [2.05, 4.69) is 215 Å². The van der Waals surface area contributed by atoms with Crippen molar-refractivity contribution in [1.29, 1.82) is 0 Å². The first kappa shape index (κ1) is 31.5. The Hall–Kier alpha value is -7.68. The van der Waals surface area contributed by atoms with Gasteiger partial charge in [-0.25, -0.2) is 0 Å². The van der Waals surface area contributed by atoms with Gasteiger partial charge in [0.15, 0.2) is 0 Å². The fourth-order valence-corrected chi connectivity index (χ4v) is 10.3. The summed E-state index contributed by atoms with van der Waals surface area (Å²) in [6, 6.07) is 76.5. The molecule has 13 aromatic rings. The molecule has 268 valence electrons. The number of fused-ring (bicyclic) bond motifs is 13. The lowest BCUT2D eigenvalue weighted by Crippen LogP contribution is -2.04. The second-order valence-corrected chi connectivity index (χ2v) is 15.6. The number of rotatable bonds is 3. The summed E-state index contributed by atoms with van der Waals surface area (Å²) in [6.07, 6.45) is 0. The van der Waals surface area contributed by atoms with E-state index in [4.69, 9.17) is 0 Å². The van der Waals surface area contributed by atoms with Gasteiger partial charge >= 0.3 is 0 Å². The van der Waals surface area contributed by atoms with Crippen molar-refractivity contribution in [2.45, 2.75) is 0 Å². The summed E-state index contributed by atoms with van der Waals surface area (Å²) in [6.45, 7) is 0. The molecule has 0 aliphatic carbocycles. The molecule has 2 heterocycles. The monoisotopic (exact) mass is 734 g/mol. The average Bonchev–Trinajstić information content (AvgIpc) is 3.80. The highest BCUT2D eigenvalue weighted by Crippen LogP contribution is 2.49. The van der Waals surface area contributed by atoms with Crippen molar-refractivity contribution in [3.8, 4) is 22.5 Å². The largest absolute Gasteiger partial charge is 0.308 e. The summed E-state index contributed by atoms with van der Waals surface area (Å²) in [5.74, 6) is 0. The number of aromatic nitrogens is 2. The summed E-state index contributed by atoms with van der Waals surface area (Å²) < 4.78 is 5.09. The highest BCUT2D eigenvalue weighted by molar-refractivity contribution is 6.29. The van der Waals surface area contributed by atoms with E-state index in [1.807, 2.05) is 0 Å². The van der Waals surface area contributed by atoms with Crippen LogP contribution in [0.2, 0.25) is 0 Å². The zero-order valence-electron chi connectivity index (χ0n) is 31.5. The van der Waals surface area contributed by atoms with Gasteiger partial charge in [-0.3, -0.25) is 0 Å². The molecule has 0 unspecified atom stereocenters. The molecule has 0 spiro atoms. The second-order valence-electron chi connectivity index (χ2n) is 15.6. The van der Waals surface area contributed by atoms with Gasteiger partial charge < -0.3 is 9.13 Å². The van der Waals surface area contributed by atoms with Gasteiger partial charge in [0.2, 0.25) is 0 Å².